The second kappa shape index (κ2) is 6.89. The Kier molecular flexibility index (Phi) is 7.14. The summed E-state index contributed by atoms with van der Waals surface area (Å²) in [5, 5.41) is 0. The number of hydrogen-bond acceptors (Lipinski definition) is 0. The van der Waals surface area contributed by atoms with Gasteiger partial charge in [-0.25, -0.2) is 0 Å². The van der Waals surface area contributed by atoms with Gasteiger partial charge >= 0.3 is 78.9 Å². The van der Waals surface area contributed by atoms with E-state index in [2.05, 4.69) is 27.4 Å². The van der Waals surface area contributed by atoms with Crippen molar-refractivity contribution in [3.05, 3.63) is 0 Å². The van der Waals surface area contributed by atoms with Gasteiger partial charge in [0.15, 0.2) is 0 Å². The predicted octanol–water partition coefficient (Wildman–Crippen LogP) is 3.99. The first-order valence-corrected chi connectivity index (χ1v) is 8.80. The summed E-state index contributed by atoms with van der Waals surface area (Å²) >= 11 is 0. The quantitative estimate of drug-likeness (QED) is 0.420. The van der Waals surface area contributed by atoms with E-state index in [1.165, 1.54) is 38.0 Å². The Hall–Kier alpha value is 0.430. The molecule has 0 unspecified atom stereocenters. The van der Waals surface area contributed by atoms with Crippen LogP contribution in [0.1, 0.15) is 46.5 Å². The van der Waals surface area contributed by atoms with E-state index in [1.54, 1.807) is 6.16 Å². The van der Waals surface area contributed by atoms with E-state index >= 15 is 0 Å². The fourth-order valence-corrected chi connectivity index (χ4v) is 3.89. The number of unbranched alkanes of at least 4 members (excludes halogenated alkanes) is 3. The zero-order chi connectivity index (χ0) is 9.45. The van der Waals surface area contributed by atoms with Gasteiger partial charge in [0.1, 0.15) is 0 Å². The molecule has 0 aromatic heterocycles. The van der Waals surface area contributed by atoms with E-state index in [4.69, 9.17) is 0 Å². The first-order valence-electron chi connectivity index (χ1n) is 5.68. The van der Waals surface area contributed by atoms with Crippen LogP contribution in [0.3, 0.4) is 0 Å². The molecule has 0 fully saturated rings. The van der Waals surface area contributed by atoms with Crippen molar-refractivity contribution in [1.82, 2.24) is 0 Å². The van der Waals surface area contributed by atoms with Crippen LogP contribution in [0.4, 0.5) is 0 Å². The standard InChI is InChI=1S/C11H27P/c1-5-8-9-10-11-12(4,6-2)7-3/h12H,5-11H2,1-4H3. The molecule has 0 nitrogen and oxygen atoms in total. The van der Waals surface area contributed by atoms with E-state index < -0.39 is 7.26 Å². The molecule has 0 atom stereocenters. The molecule has 0 saturated heterocycles. The predicted molar refractivity (Wildman–Crippen MR) is 64.3 cm³/mol. The summed E-state index contributed by atoms with van der Waals surface area (Å²) < 4.78 is 0. The SMILES string of the molecule is CCCCCC[PH](C)(CC)CC. The molecule has 0 aromatic carbocycles. The molecule has 0 amide bonds. The molecule has 0 aromatic rings. The van der Waals surface area contributed by atoms with Gasteiger partial charge in [0.25, 0.3) is 0 Å². The van der Waals surface area contributed by atoms with Crippen LogP contribution in [0.25, 0.3) is 0 Å². The molecule has 0 aliphatic rings. The fraction of sp³-hybridized carbons (Fsp3) is 1.00. The molecule has 0 rings (SSSR count). The van der Waals surface area contributed by atoms with E-state index in [1.807, 2.05) is 0 Å². The van der Waals surface area contributed by atoms with Crippen molar-refractivity contribution >= 4 is 7.26 Å². The zero-order valence-electron chi connectivity index (χ0n) is 9.45. The Morgan fingerprint density at radius 2 is 1.42 bits per heavy atom. The molecule has 0 aliphatic carbocycles. The third-order valence-electron chi connectivity index (χ3n) is 3.34. The summed E-state index contributed by atoms with van der Waals surface area (Å²) in [6.07, 6.45) is 10.3. The molecule has 0 heterocycles. The van der Waals surface area contributed by atoms with Crippen LogP contribution in [0, 0.1) is 0 Å². The van der Waals surface area contributed by atoms with Crippen LogP contribution in [-0.2, 0) is 0 Å². The third kappa shape index (κ3) is 5.14. The fourth-order valence-electron chi connectivity index (χ4n) is 1.58. The molecule has 0 N–H and O–H groups in total. The molecule has 76 valence electrons. The summed E-state index contributed by atoms with van der Waals surface area (Å²) in [5.41, 5.74) is 0. The van der Waals surface area contributed by atoms with Crippen LogP contribution >= 0.6 is 7.26 Å². The summed E-state index contributed by atoms with van der Waals surface area (Å²) in [5.74, 6) is 0. The van der Waals surface area contributed by atoms with Gasteiger partial charge in [-0.3, -0.25) is 0 Å². The maximum absolute atomic E-state index is 2.57. The summed E-state index contributed by atoms with van der Waals surface area (Å²) in [6, 6.07) is 0. The summed E-state index contributed by atoms with van der Waals surface area (Å²) in [6.45, 7) is 9.63. The van der Waals surface area contributed by atoms with Gasteiger partial charge in [0, 0.05) is 0 Å². The van der Waals surface area contributed by atoms with Crippen LogP contribution in [-0.4, -0.2) is 25.2 Å². The van der Waals surface area contributed by atoms with E-state index in [-0.39, 0.29) is 0 Å². The average Bonchev–Trinajstić information content (AvgIpc) is 2.12. The normalized spacial score (nSPS) is 13.3. The van der Waals surface area contributed by atoms with Gasteiger partial charge in [-0.05, 0) is 0 Å². The zero-order valence-corrected chi connectivity index (χ0v) is 10.4. The minimum atomic E-state index is -0.747. The van der Waals surface area contributed by atoms with Crippen molar-refractivity contribution in [2.45, 2.75) is 46.5 Å². The second-order valence-corrected chi connectivity index (χ2v) is 9.86. The molecule has 12 heavy (non-hydrogen) atoms. The van der Waals surface area contributed by atoms with Crippen molar-refractivity contribution in [2.24, 2.45) is 0 Å². The Balaban J connectivity index is 3.45. The first-order chi connectivity index (χ1) is 5.68. The van der Waals surface area contributed by atoms with Crippen LogP contribution in [0.15, 0.2) is 0 Å². The van der Waals surface area contributed by atoms with Gasteiger partial charge < -0.3 is 0 Å². The second-order valence-electron chi connectivity index (χ2n) is 4.33. The molecule has 0 spiro atoms. The Morgan fingerprint density at radius 1 is 0.833 bits per heavy atom. The topological polar surface area (TPSA) is 0 Å². The monoisotopic (exact) mass is 190 g/mol. The van der Waals surface area contributed by atoms with Gasteiger partial charge in [-0.1, -0.05) is 0 Å². The van der Waals surface area contributed by atoms with Crippen molar-refractivity contribution in [2.75, 3.05) is 25.2 Å². The molecule has 1 heteroatoms. The van der Waals surface area contributed by atoms with Crippen LogP contribution in [0.5, 0.6) is 0 Å². The summed E-state index contributed by atoms with van der Waals surface area (Å²) in [7, 11) is -0.747. The number of rotatable bonds is 7. The van der Waals surface area contributed by atoms with Crippen molar-refractivity contribution < 1.29 is 0 Å². The van der Waals surface area contributed by atoms with Gasteiger partial charge in [0.05, 0.1) is 0 Å². The van der Waals surface area contributed by atoms with Gasteiger partial charge in [0.2, 0.25) is 0 Å². The van der Waals surface area contributed by atoms with Crippen molar-refractivity contribution in [1.29, 1.82) is 0 Å². The first kappa shape index (κ1) is 12.4. The molecular weight excluding hydrogens is 163 g/mol. The maximum atomic E-state index is 2.57. The Labute approximate surface area is 79.5 Å². The van der Waals surface area contributed by atoms with Crippen molar-refractivity contribution in [3.8, 4) is 0 Å². The van der Waals surface area contributed by atoms with E-state index in [9.17, 15) is 0 Å². The molecule has 0 radical (unpaired) electrons. The molecule has 0 saturated carbocycles. The number of hydrogen-bond donors (Lipinski definition) is 0. The van der Waals surface area contributed by atoms with Gasteiger partial charge in [-0.15, -0.1) is 0 Å². The molecular formula is C11H27P. The van der Waals surface area contributed by atoms with Crippen molar-refractivity contribution in [3.63, 3.8) is 0 Å². The van der Waals surface area contributed by atoms with Gasteiger partial charge in [-0.2, -0.15) is 0 Å². The van der Waals surface area contributed by atoms with Crippen LogP contribution in [0.2, 0.25) is 0 Å². The molecule has 0 aliphatic heterocycles. The van der Waals surface area contributed by atoms with E-state index in [0.29, 0.717) is 0 Å². The van der Waals surface area contributed by atoms with Crippen LogP contribution < -0.4 is 0 Å². The summed E-state index contributed by atoms with van der Waals surface area (Å²) in [4.78, 5) is 0. The Morgan fingerprint density at radius 3 is 1.83 bits per heavy atom. The Bertz CT molecular complexity index is 95.2. The third-order valence-corrected chi connectivity index (χ3v) is 8.32. The average molecular weight is 190 g/mol. The minimum absolute atomic E-state index is 0.747. The molecule has 0 bridgehead atoms. The van der Waals surface area contributed by atoms with E-state index in [0.717, 1.165) is 0 Å².